The van der Waals surface area contributed by atoms with Gasteiger partial charge in [-0.2, -0.15) is 0 Å². The van der Waals surface area contributed by atoms with Crippen molar-refractivity contribution < 1.29 is 9.90 Å². The molecule has 1 aliphatic carbocycles. The first-order chi connectivity index (χ1) is 6.46. The number of aliphatic carboxylic acids is 1. The third-order valence-electron chi connectivity index (χ3n) is 3.04. The molecular formula is C11H21NO2. The molecule has 0 bridgehead atoms. The Morgan fingerprint density at radius 1 is 1.50 bits per heavy atom. The lowest BCUT2D eigenvalue weighted by atomic mass is 9.78. The molecule has 1 rings (SSSR count). The van der Waals surface area contributed by atoms with Gasteiger partial charge in [0.15, 0.2) is 0 Å². The van der Waals surface area contributed by atoms with E-state index in [1.807, 2.05) is 0 Å². The van der Waals surface area contributed by atoms with Crippen LogP contribution in [0.3, 0.4) is 0 Å². The van der Waals surface area contributed by atoms with Crippen molar-refractivity contribution in [3.8, 4) is 0 Å². The van der Waals surface area contributed by atoms with Gasteiger partial charge in [0.2, 0.25) is 0 Å². The van der Waals surface area contributed by atoms with Gasteiger partial charge in [0.1, 0.15) is 0 Å². The molecule has 0 aliphatic heterocycles. The van der Waals surface area contributed by atoms with Gasteiger partial charge in [-0.05, 0) is 33.1 Å². The molecule has 0 heterocycles. The van der Waals surface area contributed by atoms with E-state index in [-0.39, 0.29) is 17.5 Å². The van der Waals surface area contributed by atoms with Crippen LogP contribution in [0.4, 0.5) is 0 Å². The fourth-order valence-corrected chi connectivity index (χ4v) is 2.17. The average Bonchev–Trinajstić information content (AvgIpc) is 1.97. The summed E-state index contributed by atoms with van der Waals surface area (Å²) in [5.74, 6) is -0.813. The Bertz CT molecular complexity index is 213. The minimum Gasteiger partial charge on any atom is -0.481 e. The van der Waals surface area contributed by atoms with E-state index < -0.39 is 5.97 Å². The van der Waals surface area contributed by atoms with Crippen molar-refractivity contribution >= 4 is 5.97 Å². The van der Waals surface area contributed by atoms with Gasteiger partial charge < -0.3 is 10.4 Å². The van der Waals surface area contributed by atoms with Crippen LogP contribution in [0.5, 0.6) is 0 Å². The molecule has 2 atom stereocenters. The van der Waals surface area contributed by atoms with Gasteiger partial charge in [0.25, 0.3) is 0 Å². The lowest BCUT2D eigenvalue weighted by molar-refractivity contribution is -0.146. The van der Waals surface area contributed by atoms with E-state index in [2.05, 4.69) is 26.1 Å². The highest BCUT2D eigenvalue weighted by molar-refractivity contribution is 5.72. The molecule has 2 N–H and O–H groups in total. The Labute approximate surface area is 85.9 Å². The number of carboxylic acids is 1. The number of hydrogen-bond acceptors (Lipinski definition) is 2. The first-order valence-electron chi connectivity index (χ1n) is 5.47. The smallest absolute Gasteiger partial charge is 0.308 e. The molecule has 82 valence electrons. The van der Waals surface area contributed by atoms with Crippen molar-refractivity contribution in [1.29, 1.82) is 0 Å². The molecule has 2 unspecified atom stereocenters. The molecule has 0 aromatic heterocycles. The summed E-state index contributed by atoms with van der Waals surface area (Å²) in [5, 5.41) is 12.3. The zero-order chi connectivity index (χ0) is 10.8. The van der Waals surface area contributed by atoms with E-state index in [0.29, 0.717) is 0 Å². The van der Waals surface area contributed by atoms with E-state index in [4.69, 9.17) is 5.11 Å². The van der Waals surface area contributed by atoms with Crippen molar-refractivity contribution in [3.63, 3.8) is 0 Å². The molecule has 0 aromatic rings. The molecule has 3 nitrogen and oxygen atoms in total. The second kappa shape index (κ2) is 4.30. The standard InChI is InChI=1S/C11H21NO2/c1-4-7-11(2,3)12-9-6-5-8(9)10(13)14/h8-9,12H,4-7H2,1-3H3,(H,13,14). The van der Waals surface area contributed by atoms with Gasteiger partial charge in [0, 0.05) is 11.6 Å². The minimum atomic E-state index is -0.652. The third-order valence-corrected chi connectivity index (χ3v) is 3.04. The van der Waals surface area contributed by atoms with Crippen LogP contribution in [0.2, 0.25) is 0 Å². The van der Waals surface area contributed by atoms with Gasteiger partial charge in [-0.3, -0.25) is 4.79 Å². The maximum absolute atomic E-state index is 10.8. The van der Waals surface area contributed by atoms with Crippen LogP contribution in [-0.2, 0) is 4.79 Å². The van der Waals surface area contributed by atoms with Gasteiger partial charge in [0.05, 0.1) is 5.92 Å². The number of carboxylic acid groups (broad SMARTS) is 1. The zero-order valence-electron chi connectivity index (χ0n) is 9.34. The van der Waals surface area contributed by atoms with Gasteiger partial charge in [-0.1, -0.05) is 13.3 Å². The Morgan fingerprint density at radius 2 is 2.14 bits per heavy atom. The molecule has 0 radical (unpaired) electrons. The van der Waals surface area contributed by atoms with E-state index in [9.17, 15) is 4.79 Å². The summed E-state index contributed by atoms with van der Waals surface area (Å²) in [5.41, 5.74) is 0.0769. The Morgan fingerprint density at radius 3 is 2.50 bits per heavy atom. The second-order valence-corrected chi connectivity index (χ2v) is 4.91. The fourth-order valence-electron chi connectivity index (χ4n) is 2.17. The monoisotopic (exact) mass is 199 g/mol. The minimum absolute atomic E-state index is 0.0769. The van der Waals surface area contributed by atoms with E-state index >= 15 is 0 Å². The number of hydrogen-bond donors (Lipinski definition) is 2. The Hall–Kier alpha value is -0.570. The maximum atomic E-state index is 10.8. The summed E-state index contributed by atoms with van der Waals surface area (Å²) in [4.78, 5) is 10.8. The number of nitrogens with one attached hydrogen (secondary N) is 1. The molecule has 3 heteroatoms. The molecule has 1 fully saturated rings. The molecule has 0 spiro atoms. The van der Waals surface area contributed by atoms with Crippen LogP contribution in [0, 0.1) is 5.92 Å². The van der Waals surface area contributed by atoms with E-state index in [0.717, 1.165) is 25.7 Å². The molecule has 0 aromatic carbocycles. The first kappa shape index (κ1) is 11.5. The SMILES string of the molecule is CCCC(C)(C)NC1CCC1C(=O)O. The van der Waals surface area contributed by atoms with Gasteiger partial charge in [-0.15, -0.1) is 0 Å². The predicted molar refractivity (Wildman–Crippen MR) is 56.3 cm³/mol. The van der Waals surface area contributed by atoms with Crippen LogP contribution in [-0.4, -0.2) is 22.7 Å². The maximum Gasteiger partial charge on any atom is 0.308 e. The topological polar surface area (TPSA) is 49.3 Å². The van der Waals surface area contributed by atoms with Crippen molar-refractivity contribution in [3.05, 3.63) is 0 Å². The van der Waals surface area contributed by atoms with E-state index in [1.54, 1.807) is 0 Å². The highest BCUT2D eigenvalue weighted by Crippen LogP contribution is 2.30. The van der Waals surface area contributed by atoms with Gasteiger partial charge in [-0.25, -0.2) is 0 Å². The first-order valence-corrected chi connectivity index (χ1v) is 5.47. The highest BCUT2D eigenvalue weighted by Gasteiger charge is 2.38. The largest absolute Gasteiger partial charge is 0.481 e. The predicted octanol–water partition coefficient (Wildman–Crippen LogP) is 2.02. The normalized spacial score (nSPS) is 27.1. The summed E-state index contributed by atoms with van der Waals surface area (Å²) in [7, 11) is 0. The fraction of sp³-hybridized carbons (Fsp3) is 0.909. The van der Waals surface area contributed by atoms with Crippen LogP contribution in [0.15, 0.2) is 0 Å². The van der Waals surface area contributed by atoms with Crippen molar-refractivity contribution in [2.75, 3.05) is 0 Å². The number of rotatable bonds is 5. The summed E-state index contributed by atoms with van der Waals surface area (Å²) >= 11 is 0. The quantitative estimate of drug-likeness (QED) is 0.712. The summed E-state index contributed by atoms with van der Waals surface area (Å²) in [6, 6.07) is 0.189. The van der Waals surface area contributed by atoms with Crippen molar-refractivity contribution in [2.45, 2.75) is 58.0 Å². The van der Waals surface area contributed by atoms with Crippen LogP contribution < -0.4 is 5.32 Å². The van der Waals surface area contributed by atoms with Gasteiger partial charge >= 0.3 is 5.97 Å². The highest BCUT2D eigenvalue weighted by atomic mass is 16.4. The zero-order valence-corrected chi connectivity index (χ0v) is 9.34. The Kier molecular flexibility index (Phi) is 3.53. The summed E-state index contributed by atoms with van der Waals surface area (Å²) in [6.45, 7) is 6.44. The van der Waals surface area contributed by atoms with E-state index in [1.165, 1.54) is 0 Å². The lowest BCUT2D eigenvalue weighted by Crippen LogP contribution is -2.55. The average molecular weight is 199 g/mol. The van der Waals surface area contributed by atoms with Crippen molar-refractivity contribution in [2.24, 2.45) is 5.92 Å². The third kappa shape index (κ3) is 2.71. The molecule has 1 saturated carbocycles. The van der Waals surface area contributed by atoms with Crippen LogP contribution in [0.25, 0.3) is 0 Å². The molecule has 0 saturated heterocycles. The summed E-state index contributed by atoms with van der Waals surface area (Å²) < 4.78 is 0. The van der Waals surface area contributed by atoms with Crippen LogP contribution in [0.1, 0.15) is 46.5 Å². The second-order valence-electron chi connectivity index (χ2n) is 4.91. The summed E-state index contributed by atoms with van der Waals surface area (Å²) in [6.07, 6.45) is 4.06. The molecular weight excluding hydrogens is 178 g/mol. The molecule has 1 aliphatic rings. The molecule has 0 amide bonds. The number of carbonyl (C=O) groups is 1. The molecule has 14 heavy (non-hydrogen) atoms. The lowest BCUT2D eigenvalue weighted by Gasteiger charge is -2.40. The Balaban J connectivity index is 2.41. The van der Waals surface area contributed by atoms with Crippen molar-refractivity contribution in [1.82, 2.24) is 5.32 Å². The van der Waals surface area contributed by atoms with Crippen LogP contribution >= 0.6 is 0 Å².